The van der Waals surface area contributed by atoms with Crippen molar-refractivity contribution in [1.82, 2.24) is 5.32 Å². The molecule has 2 rings (SSSR count). The molecule has 1 aliphatic rings. The van der Waals surface area contributed by atoms with Crippen LogP contribution >= 0.6 is 0 Å². The maximum atomic E-state index is 13.5. The van der Waals surface area contributed by atoms with E-state index in [9.17, 15) is 23.5 Å². The van der Waals surface area contributed by atoms with E-state index in [1.54, 1.807) is 0 Å². The van der Waals surface area contributed by atoms with Gasteiger partial charge in [-0.3, -0.25) is 4.79 Å². The molecule has 1 aromatic rings. The first-order valence-corrected chi connectivity index (χ1v) is 6.04. The van der Waals surface area contributed by atoms with Gasteiger partial charge in [0.05, 0.1) is 5.56 Å². The molecule has 2 N–H and O–H groups in total. The van der Waals surface area contributed by atoms with Crippen LogP contribution in [-0.2, 0) is 9.53 Å². The Morgan fingerprint density at radius 3 is 2.50 bits per heavy atom. The Bertz CT molecular complexity index is 541. The maximum absolute atomic E-state index is 13.5. The summed E-state index contributed by atoms with van der Waals surface area (Å²) in [7, 11) is 0. The number of carboxylic acid groups (broad SMARTS) is 1. The number of carboxylic acids is 1. The number of nitrogens with one attached hydrogen (secondary N) is 1. The van der Waals surface area contributed by atoms with Gasteiger partial charge >= 0.3 is 5.97 Å². The molecule has 1 amide bonds. The second-order valence-corrected chi connectivity index (χ2v) is 4.56. The van der Waals surface area contributed by atoms with Gasteiger partial charge < -0.3 is 15.2 Å². The van der Waals surface area contributed by atoms with Crippen molar-refractivity contribution >= 4 is 11.9 Å². The second-order valence-electron chi connectivity index (χ2n) is 4.56. The highest BCUT2D eigenvalue weighted by molar-refractivity contribution is 5.98. The number of aliphatic carboxylic acids is 1. The van der Waals surface area contributed by atoms with Gasteiger partial charge in [0.15, 0.2) is 11.6 Å². The van der Waals surface area contributed by atoms with Crippen molar-refractivity contribution in [2.24, 2.45) is 0 Å². The van der Waals surface area contributed by atoms with Crippen LogP contribution < -0.4 is 5.32 Å². The molecule has 0 unspecified atom stereocenters. The van der Waals surface area contributed by atoms with Gasteiger partial charge in [0, 0.05) is 26.1 Å². The molecule has 0 aliphatic carbocycles. The lowest BCUT2D eigenvalue weighted by atomic mass is 9.89. The summed E-state index contributed by atoms with van der Waals surface area (Å²) in [6.07, 6.45) is 0.149. The Kier molecular flexibility index (Phi) is 3.99. The zero-order chi connectivity index (χ0) is 14.8. The monoisotopic (exact) mass is 285 g/mol. The van der Waals surface area contributed by atoms with Crippen molar-refractivity contribution in [1.29, 1.82) is 0 Å². The lowest BCUT2D eigenvalue weighted by Crippen LogP contribution is -2.57. The van der Waals surface area contributed by atoms with Crippen molar-refractivity contribution in [3.63, 3.8) is 0 Å². The average Bonchev–Trinajstić information content (AvgIpc) is 2.42. The van der Waals surface area contributed by atoms with Crippen LogP contribution in [-0.4, -0.2) is 35.7 Å². The fourth-order valence-electron chi connectivity index (χ4n) is 2.08. The zero-order valence-corrected chi connectivity index (χ0v) is 10.5. The molecule has 0 spiro atoms. The van der Waals surface area contributed by atoms with E-state index in [1.807, 2.05) is 0 Å². The number of carbonyl (C=O) groups excluding carboxylic acids is 1. The minimum atomic E-state index is -1.51. The number of rotatable bonds is 3. The summed E-state index contributed by atoms with van der Waals surface area (Å²) in [6, 6.07) is 3.17. The first kappa shape index (κ1) is 14.4. The molecule has 7 heteroatoms. The number of benzene rings is 1. The van der Waals surface area contributed by atoms with Gasteiger partial charge in [-0.05, 0) is 12.1 Å². The Morgan fingerprint density at radius 2 is 1.90 bits per heavy atom. The molecular formula is C13H13F2NO4. The second kappa shape index (κ2) is 5.54. The van der Waals surface area contributed by atoms with Crippen LogP contribution in [0.3, 0.4) is 0 Å². The average molecular weight is 285 g/mol. The predicted molar refractivity (Wildman–Crippen MR) is 64.2 cm³/mol. The van der Waals surface area contributed by atoms with Crippen LogP contribution in [0.15, 0.2) is 18.2 Å². The standard InChI is InChI=1S/C13H13F2NO4/c14-9-3-1-2-8(10(9)15)11(17)16-13(12(18)19)4-6-20-7-5-13/h1-3H,4-7H2,(H,16,17)(H,18,19). The molecule has 0 bridgehead atoms. The first-order chi connectivity index (χ1) is 9.46. The van der Waals surface area contributed by atoms with E-state index in [0.717, 1.165) is 12.1 Å². The Labute approximate surface area is 113 Å². The van der Waals surface area contributed by atoms with Crippen LogP contribution in [0.5, 0.6) is 0 Å². The summed E-state index contributed by atoms with van der Waals surface area (Å²) in [5.41, 5.74) is -2.02. The molecule has 0 atom stereocenters. The molecule has 1 fully saturated rings. The number of hydrogen-bond donors (Lipinski definition) is 2. The third-order valence-corrected chi connectivity index (χ3v) is 3.30. The lowest BCUT2D eigenvalue weighted by molar-refractivity contribution is -0.148. The fourth-order valence-corrected chi connectivity index (χ4v) is 2.08. The van der Waals surface area contributed by atoms with Gasteiger partial charge in [-0.1, -0.05) is 6.07 Å². The zero-order valence-electron chi connectivity index (χ0n) is 10.5. The molecule has 1 saturated heterocycles. The summed E-state index contributed by atoms with van der Waals surface area (Å²) in [6.45, 7) is 0.358. The first-order valence-electron chi connectivity index (χ1n) is 6.04. The highest BCUT2D eigenvalue weighted by atomic mass is 19.2. The molecule has 20 heavy (non-hydrogen) atoms. The molecule has 1 heterocycles. The maximum Gasteiger partial charge on any atom is 0.329 e. The Hall–Kier alpha value is -2.02. The van der Waals surface area contributed by atoms with Crippen molar-refractivity contribution in [2.45, 2.75) is 18.4 Å². The van der Waals surface area contributed by atoms with Gasteiger partial charge in [0.2, 0.25) is 0 Å². The minimum absolute atomic E-state index is 0.0744. The summed E-state index contributed by atoms with van der Waals surface area (Å²) >= 11 is 0. The minimum Gasteiger partial charge on any atom is -0.480 e. The molecule has 0 radical (unpaired) electrons. The number of hydrogen-bond acceptors (Lipinski definition) is 3. The van der Waals surface area contributed by atoms with Gasteiger partial charge in [0.1, 0.15) is 5.54 Å². The normalized spacial score (nSPS) is 17.5. The van der Waals surface area contributed by atoms with Crippen LogP contribution in [0.4, 0.5) is 8.78 Å². The Balaban J connectivity index is 2.25. The molecular weight excluding hydrogens is 272 g/mol. The third-order valence-electron chi connectivity index (χ3n) is 3.30. The lowest BCUT2D eigenvalue weighted by Gasteiger charge is -2.33. The van der Waals surface area contributed by atoms with Gasteiger partial charge in [-0.2, -0.15) is 0 Å². The quantitative estimate of drug-likeness (QED) is 0.878. The number of ether oxygens (including phenoxy) is 1. The summed E-state index contributed by atoms with van der Waals surface area (Å²) < 4.78 is 31.7. The van der Waals surface area contributed by atoms with E-state index in [2.05, 4.69) is 5.32 Å². The third kappa shape index (κ3) is 2.62. The molecule has 108 valence electrons. The molecule has 1 aromatic carbocycles. The van der Waals surface area contributed by atoms with Crippen LogP contribution in [0.25, 0.3) is 0 Å². The number of halogens is 2. The number of carbonyl (C=O) groups is 2. The van der Waals surface area contributed by atoms with Gasteiger partial charge in [-0.15, -0.1) is 0 Å². The van der Waals surface area contributed by atoms with Crippen molar-refractivity contribution in [3.8, 4) is 0 Å². The Morgan fingerprint density at radius 1 is 1.25 bits per heavy atom. The highest BCUT2D eigenvalue weighted by Crippen LogP contribution is 2.22. The molecule has 5 nitrogen and oxygen atoms in total. The summed E-state index contributed by atoms with van der Waals surface area (Å²) in [4.78, 5) is 23.3. The van der Waals surface area contributed by atoms with Crippen LogP contribution in [0.1, 0.15) is 23.2 Å². The molecule has 1 aliphatic heterocycles. The van der Waals surface area contributed by atoms with Crippen LogP contribution in [0.2, 0.25) is 0 Å². The van der Waals surface area contributed by atoms with E-state index < -0.39 is 34.6 Å². The van der Waals surface area contributed by atoms with Crippen molar-refractivity contribution < 1.29 is 28.2 Å². The van der Waals surface area contributed by atoms with Crippen molar-refractivity contribution in [2.75, 3.05) is 13.2 Å². The SMILES string of the molecule is O=C(NC1(C(=O)O)CCOCC1)c1cccc(F)c1F. The van der Waals surface area contributed by atoms with E-state index in [1.165, 1.54) is 6.07 Å². The smallest absolute Gasteiger partial charge is 0.329 e. The van der Waals surface area contributed by atoms with E-state index in [-0.39, 0.29) is 26.1 Å². The van der Waals surface area contributed by atoms with Gasteiger partial charge in [-0.25, -0.2) is 13.6 Å². The largest absolute Gasteiger partial charge is 0.480 e. The van der Waals surface area contributed by atoms with Crippen LogP contribution in [0, 0.1) is 11.6 Å². The summed E-state index contributed by atoms with van der Waals surface area (Å²) in [5, 5.41) is 11.6. The topological polar surface area (TPSA) is 75.6 Å². The predicted octanol–water partition coefficient (Wildman–Crippen LogP) is 1.33. The highest BCUT2D eigenvalue weighted by Gasteiger charge is 2.42. The molecule has 0 saturated carbocycles. The number of amides is 1. The molecule has 0 aromatic heterocycles. The fraction of sp³-hybridized carbons (Fsp3) is 0.385. The summed E-state index contributed by atoms with van der Waals surface area (Å²) in [5.74, 6) is -4.62. The van der Waals surface area contributed by atoms with Crippen molar-refractivity contribution in [3.05, 3.63) is 35.4 Å². The van der Waals surface area contributed by atoms with E-state index >= 15 is 0 Å². The van der Waals surface area contributed by atoms with Gasteiger partial charge in [0.25, 0.3) is 5.91 Å². The van der Waals surface area contributed by atoms with E-state index in [4.69, 9.17) is 4.74 Å². The van der Waals surface area contributed by atoms with E-state index in [0.29, 0.717) is 0 Å².